The van der Waals surface area contributed by atoms with E-state index in [1.54, 1.807) is 12.5 Å². The molecule has 10 heavy (non-hydrogen) atoms. The lowest BCUT2D eigenvalue weighted by atomic mass is 10.5. The van der Waals surface area contributed by atoms with Gasteiger partial charge in [0.1, 0.15) is 12.4 Å². The van der Waals surface area contributed by atoms with Crippen LogP contribution in [0.4, 0.5) is 0 Å². The molecule has 0 spiro atoms. The number of rotatable bonds is 3. The van der Waals surface area contributed by atoms with E-state index in [1.165, 1.54) is 0 Å². The highest BCUT2D eigenvalue weighted by Gasteiger charge is 1.90. The van der Waals surface area contributed by atoms with Crippen molar-refractivity contribution in [1.82, 2.24) is 0 Å². The maximum absolute atomic E-state index is 5.05. The highest BCUT2D eigenvalue weighted by molar-refractivity contribution is 4.96. The summed E-state index contributed by atoms with van der Waals surface area (Å²) in [5.74, 6) is 0.845. The van der Waals surface area contributed by atoms with Crippen LogP contribution in [0.3, 0.4) is 0 Å². The van der Waals surface area contributed by atoms with E-state index in [0.29, 0.717) is 6.61 Å². The van der Waals surface area contributed by atoms with Crippen molar-refractivity contribution < 1.29 is 9.15 Å². The molecule has 0 saturated heterocycles. The minimum atomic E-state index is 0.511. The minimum Gasteiger partial charge on any atom is -0.494 e. The quantitative estimate of drug-likeness (QED) is 0.598. The zero-order valence-corrected chi connectivity index (χ0v) is 5.91. The summed E-state index contributed by atoms with van der Waals surface area (Å²) >= 11 is 0. The van der Waals surface area contributed by atoms with Gasteiger partial charge in [-0.1, -0.05) is 6.08 Å². The van der Waals surface area contributed by atoms with Crippen LogP contribution >= 0.6 is 0 Å². The van der Waals surface area contributed by atoms with Gasteiger partial charge in [-0.05, 0) is 19.1 Å². The largest absolute Gasteiger partial charge is 0.494 e. The Kier molecular flexibility index (Phi) is 2.62. The molecule has 0 aliphatic carbocycles. The molecule has 0 fully saturated rings. The van der Waals surface area contributed by atoms with Crippen molar-refractivity contribution in [2.75, 3.05) is 0 Å². The van der Waals surface area contributed by atoms with Crippen LogP contribution < -0.4 is 0 Å². The first-order valence-electron chi connectivity index (χ1n) is 3.18. The van der Waals surface area contributed by atoms with E-state index in [2.05, 4.69) is 0 Å². The Balaban J connectivity index is 2.28. The van der Waals surface area contributed by atoms with Crippen molar-refractivity contribution in [1.29, 1.82) is 0 Å². The number of ether oxygens (including phenoxy) is 1. The van der Waals surface area contributed by atoms with Gasteiger partial charge in [0.2, 0.25) is 0 Å². The highest BCUT2D eigenvalue weighted by atomic mass is 16.5. The number of hydrogen-bond donors (Lipinski definition) is 0. The molecule has 0 saturated carbocycles. The van der Waals surface area contributed by atoms with E-state index in [-0.39, 0.29) is 0 Å². The van der Waals surface area contributed by atoms with Gasteiger partial charge in [0.25, 0.3) is 0 Å². The SMILES string of the molecule is C/C=C/OCc1ccco1. The van der Waals surface area contributed by atoms with E-state index in [9.17, 15) is 0 Å². The Hall–Kier alpha value is -1.18. The van der Waals surface area contributed by atoms with Crippen molar-refractivity contribution in [2.24, 2.45) is 0 Å². The maximum Gasteiger partial charge on any atom is 0.145 e. The fourth-order valence-corrected chi connectivity index (χ4v) is 0.621. The van der Waals surface area contributed by atoms with Crippen LogP contribution in [0.1, 0.15) is 12.7 Å². The van der Waals surface area contributed by atoms with Crippen LogP contribution in [0, 0.1) is 0 Å². The molecule has 0 aliphatic heterocycles. The minimum absolute atomic E-state index is 0.511. The van der Waals surface area contributed by atoms with Crippen molar-refractivity contribution in [2.45, 2.75) is 13.5 Å². The van der Waals surface area contributed by atoms with Crippen LogP contribution in [-0.2, 0) is 11.3 Å². The van der Waals surface area contributed by atoms with Crippen LogP contribution in [0.2, 0.25) is 0 Å². The van der Waals surface area contributed by atoms with Gasteiger partial charge < -0.3 is 9.15 Å². The molecule has 0 amide bonds. The molecule has 0 aromatic carbocycles. The van der Waals surface area contributed by atoms with Gasteiger partial charge >= 0.3 is 0 Å². The normalized spacial score (nSPS) is 10.5. The van der Waals surface area contributed by atoms with Crippen molar-refractivity contribution >= 4 is 0 Å². The second kappa shape index (κ2) is 3.77. The van der Waals surface area contributed by atoms with Crippen LogP contribution in [0.5, 0.6) is 0 Å². The third-order valence-corrected chi connectivity index (χ3v) is 1.04. The van der Waals surface area contributed by atoms with Gasteiger partial charge in [0.05, 0.1) is 12.5 Å². The molecule has 54 valence electrons. The number of hydrogen-bond acceptors (Lipinski definition) is 2. The van der Waals surface area contributed by atoms with Crippen LogP contribution in [-0.4, -0.2) is 0 Å². The third-order valence-electron chi connectivity index (χ3n) is 1.04. The lowest BCUT2D eigenvalue weighted by Crippen LogP contribution is -1.80. The predicted octanol–water partition coefficient (Wildman–Crippen LogP) is 2.33. The summed E-state index contributed by atoms with van der Waals surface area (Å²) in [4.78, 5) is 0. The molecule has 1 aromatic rings. The smallest absolute Gasteiger partial charge is 0.145 e. The summed E-state index contributed by atoms with van der Waals surface area (Å²) in [6.45, 7) is 2.42. The maximum atomic E-state index is 5.05. The Bertz CT molecular complexity index is 187. The number of allylic oxidation sites excluding steroid dienone is 1. The van der Waals surface area contributed by atoms with E-state index in [4.69, 9.17) is 9.15 Å². The summed E-state index contributed by atoms with van der Waals surface area (Å²) in [6, 6.07) is 3.72. The fourth-order valence-electron chi connectivity index (χ4n) is 0.621. The van der Waals surface area contributed by atoms with Gasteiger partial charge in [-0.2, -0.15) is 0 Å². The highest BCUT2D eigenvalue weighted by Crippen LogP contribution is 2.01. The van der Waals surface area contributed by atoms with Crippen molar-refractivity contribution in [3.05, 3.63) is 36.5 Å². The molecule has 2 heteroatoms. The van der Waals surface area contributed by atoms with E-state index in [1.807, 2.05) is 25.1 Å². The van der Waals surface area contributed by atoms with Crippen molar-refractivity contribution in [3.8, 4) is 0 Å². The first-order chi connectivity index (χ1) is 4.93. The molecule has 2 nitrogen and oxygen atoms in total. The molecule has 0 radical (unpaired) electrons. The van der Waals surface area contributed by atoms with Gasteiger partial charge in [0.15, 0.2) is 0 Å². The van der Waals surface area contributed by atoms with Crippen LogP contribution in [0.15, 0.2) is 35.2 Å². The third kappa shape index (κ3) is 1.97. The Morgan fingerprint density at radius 1 is 1.70 bits per heavy atom. The lowest BCUT2D eigenvalue weighted by Gasteiger charge is -1.93. The zero-order valence-electron chi connectivity index (χ0n) is 5.91. The molecule has 0 aliphatic rings. The molecule has 0 unspecified atom stereocenters. The standard InChI is InChI=1S/C8H10O2/c1-2-5-9-7-8-4-3-6-10-8/h2-6H,7H2,1H3/b5-2+. The lowest BCUT2D eigenvalue weighted by molar-refractivity contribution is 0.209. The molecular weight excluding hydrogens is 128 g/mol. The average Bonchev–Trinajstić information content (AvgIpc) is 2.41. The van der Waals surface area contributed by atoms with Gasteiger partial charge in [0, 0.05) is 0 Å². The molecule has 0 bridgehead atoms. The van der Waals surface area contributed by atoms with Crippen molar-refractivity contribution in [3.63, 3.8) is 0 Å². The molecule has 0 N–H and O–H groups in total. The monoisotopic (exact) mass is 138 g/mol. The summed E-state index contributed by atoms with van der Waals surface area (Å²) in [5.41, 5.74) is 0. The first kappa shape index (κ1) is 6.93. The topological polar surface area (TPSA) is 22.4 Å². The van der Waals surface area contributed by atoms with E-state index in [0.717, 1.165) is 5.76 Å². The predicted molar refractivity (Wildman–Crippen MR) is 38.3 cm³/mol. The second-order valence-electron chi connectivity index (χ2n) is 1.86. The summed E-state index contributed by atoms with van der Waals surface area (Å²) in [5, 5.41) is 0. The number of furan rings is 1. The molecule has 0 atom stereocenters. The molecular formula is C8H10O2. The fraction of sp³-hybridized carbons (Fsp3) is 0.250. The Labute approximate surface area is 60.1 Å². The Morgan fingerprint density at radius 2 is 2.60 bits per heavy atom. The van der Waals surface area contributed by atoms with E-state index < -0.39 is 0 Å². The summed E-state index contributed by atoms with van der Waals surface area (Å²) in [6.07, 6.45) is 5.11. The van der Waals surface area contributed by atoms with Gasteiger partial charge in [-0.3, -0.25) is 0 Å². The first-order valence-corrected chi connectivity index (χ1v) is 3.18. The zero-order chi connectivity index (χ0) is 7.23. The molecule has 1 heterocycles. The van der Waals surface area contributed by atoms with Crippen LogP contribution in [0.25, 0.3) is 0 Å². The van der Waals surface area contributed by atoms with E-state index >= 15 is 0 Å². The molecule has 1 aromatic heterocycles. The van der Waals surface area contributed by atoms with Gasteiger partial charge in [-0.15, -0.1) is 0 Å². The average molecular weight is 138 g/mol. The summed E-state index contributed by atoms with van der Waals surface area (Å²) < 4.78 is 10.1. The second-order valence-corrected chi connectivity index (χ2v) is 1.86. The summed E-state index contributed by atoms with van der Waals surface area (Å²) in [7, 11) is 0. The Morgan fingerprint density at radius 3 is 3.20 bits per heavy atom. The molecule has 1 rings (SSSR count). The van der Waals surface area contributed by atoms with Gasteiger partial charge in [-0.25, -0.2) is 0 Å².